The van der Waals surface area contributed by atoms with Crippen LogP contribution in [0.4, 0.5) is 17.1 Å². The van der Waals surface area contributed by atoms with Gasteiger partial charge in [-0.3, -0.25) is 0 Å². The highest BCUT2D eigenvalue weighted by molar-refractivity contribution is 8.01. The second kappa shape index (κ2) is 13.6. The zero-order valence-electron chi connectivity index (χ0n) is 32.1. The van der Waals surface area contributed by atoms with Crippen molar-refractivity contribution in [1.29, 1.82) is 0 Å². The highest BCUT2D eigenvalue weighted by Crippen LogP contribution is 2.59. The van der Waals surface area contributed by atoms with Crippen LogP contribution in [0.1, 0.15) is 22.3 Å². The Morgan fingerprint density at radius 2 is 0.831 bits per heavy atom. The Morgan fingerprint density at radius 1 is 0.356 bits per heavy atom. The summed E-state index contributed by atoms with van der Waals surface area (Å²) < 4.78 is 0. The third-order valence-electron chi connectivity index (χ3n) is 12.7. The van der Waals surface area contributed by atoms with Crippen molar-refractivity contribution in [1.82, 2.24) is 0 Å². The van der Waals surface area contributed by atoms with Crippen LogP contribution in [0, 0.1) is 0 Å². The maximum Gasteiger partial charge on any atom is 0.184 e. The third-order valence-corrected chi connectivity index (χ3v) is 20.6. The zero-order valence-corrected chi connectivity index (χ0v) is 34.8. The summed E-state index contributed by atoms with van der Waals surface area (Å²) in [5.41, 5.74) is 10.7. The van der Waals surface area contributed by atoms with Gasteiger partial charge in [-0.05, 0) is 97.1 Å². The molecule has 12 rings (SSSR count). The van der Waals surface area contributed by atoms with Crippen LogP contribution in [0.15, 0.2) is 244 Å². The molecule has 0 bridgehead atoms. The van der Waals surface area contributed by atoms with Crippen LogP contribution >= 0.6 is 23.5 Å². The molecular weight excluding hydrogens is 767 g/mol. The average molecular weight is 804 g/mol. The van der Waals surface area contributed by atoms with Gasteiger partial charge in [0.15, 0.2) is 8.07 Å². The van der Waals surface area contributed by atoms with Gasteiger partial charge < -0.3 is 4.90 Å². The molecule has 0 saturated heterocycles. The lowest BCUT2D eigenvalue weighted by Gasteiger charge is -2.44. The highest BCUT2D eigenvalue weighted by Gasteiger charge is 2.51. The van der Waals surface area contributed by atoms with E-state index in [-0.39, 0.29) is 0 Å². The molecule has 2 aliphatic heterocycles. The fourth-order valence-electron chi connectivity index (χ4n) is 10.4. The van der Waals surface area contributed by atoms with Gasteiger partial charge in [0, 0.05) is 36.5 Å². The molecular formula is C55H37NS2Si. The van der Waals surface area contributed by atoms with Crippen molar-refractivity contribution in [3.8, 4) is 11.1 Å². The molecule has 9 aromatic rings. The van der Waals surface area contributed by atoms with E-state index in [9.17, 15) is 0 Å². The standard InChI is InChI=1S/C55H37NS2Si/c1-4-19-38(20-5-1)55(39-21-6-2-7-22-39)43-26-11-10-25-42(43)54-44(55)27-18-28-45(54)56(40-23-8-3-9-24-40)41-35-36-53-49(37-41)58-48-31-14-17-34-52(48)59(53)50-32-15-12-29-46(50)57-47-30-13-16-33-51(47)59/h1-37H. The number of rotatable bonds is 5. The summed E-state index contributed by atoms with van der Waals surface area (Å²) in [7, 11) is -2.69. The summed E-state index contributed by atoms with van der Waals surface area (Å²) in [6.45, 7) is 0. The Balaban J connectivity index is 1.13. The van der Waals surface area contributed by atoms with Crippen molar-refractivity contribution in [3.63, 3.8) is 0 Å². The Kier molecular flexibility index (Phi) is 8.03. The van der Waals surface area contributed by atoms with E-state index in [1.54, 1.807) is 0 Å². The van der Waals surface area contributed by atoms with E-state index in [4.69, 9.17) is 0 Å². The van der Waals surface area contributed by atoms with Gasteiger partial charge in [0.1, 0.15) is 0 Å². The molecule has 0 saturated carbocycles. The van der Waals surface area contributed by atoms with Crippen molar-refractivity contribution in [2.24, 2.45) is 0 Å². The van der Waals surface area contributed by atoms with Crippen LogP contribution in [0.2, 0.25) is 0 Å². The number of hydrogen-bond acceptors (Lipinski definition) is 3. The molecule has 0 fully saturated rings. The first kappa shape index (κ1) is 34.7. The largest absolute Gasteiger partial charge is 0.310 e. The summed E-state index contributed by atoms with van der Waals surface area (Å²) >= 11 is 3.85. The second-order valence-electron chi connectivity index (χ2n) is 15.5. The van der Waals surface area contributed by atoms with Crippen LogP contribution in [-0.4, -0.2) is 8.07 Å². The summed E-state index contributed by atoms with van der Waals surface area (Å²) in [5.74, 6) is 0. The first-order valence-corrected chi connectivity index (χ1v) is 23.9. The second-order valence-corrected chi connectivity index (χ2v) is 21.3. The van der Waals surface area contributed by atoms with Crippen molar-refractivity contribution in [3.05, 3.63) is 247 Å². The Labute approximate surface area is 355 Å². The van der Waals surface area contributed by atoms with E-state index < -0.39 is 13.5 Å². The molecule has 0 unspecified atom stereocenters. The van der Waals surface area contributed by atoms with Gasteiger partial charge in [0.2, 0.25) is 0 Å². The summed E-state index contributed by atoms with van der Waals surface area (Å²) in [5, 5.41) is 5.93. The number of fused-ring (bicyclic) bond motifs is 11. The molecule has 1 nitrogen and oxygen atoms in total. The van der Waals surface area contributed by atoms with Gasteiger partial charge in [0.05, 0.1) is 11.1 Å². The van der Waals surface area contributed by atoms with Gasteiger partial charge in [-0.2, -0.15) is 0 Å². The molecule has 0 aromatic heterocycles. The molecule has 278 valence electrons. The van der Waals surface area contributed by atoms with Crippen LogP contribution in [0.5, 0.6) is 0 Å². The lowest BCUT2D eigenvalue weighted by Crippen LogP contribution is -2.78. The van der Waals surface area contributed by atoms with Gasteiger partial charge in [-0.25, -0.2) is 0 Å². The van der Waals surface area contributed by atoms with E-state index in [1.807, 2.05) is 23.5 Å². The number of benzene rings is 9. The lowest BCUT2D eigenvalue weighted by molar-refractivity contribution is 0.768. The minimum absolute atomic E-state index is 0.486. The highest BCUT2D eigenvalue weighted by atomic mass is 32.2. The Hall–Kier alpha value is -6.30. The Morgan fingerprint density at radius 3 is 1.44 bits per heavy atom. The van der Waals surface area contributed by atoms with E-state index in [0.29, 0.717) is 0 Å². The number of anilines is 3. The molecule has 9 aromatic carbocycles. The quantitative estimate of drug-likeness (QED) is 0.160. The van der Waals surface area contributed by atoms with Crippen LogP contribution < -0.4 is 25.6 Å². The molecule has 2 heterocycles. The summed E-state index contributed by atoms with van der Waals surface area (Å²) in [6.07, 6.45) is 0. The molecule has 1 spiro atoms. The van der Waals surface area contributed by atoms with Crippen LogP contribution in [0.3, 0.4) is 0 Å². The summed E-state index contributed by atoms with van der Waals surface area (Å²) in [4.78, 5) is 7.95. The van der Waals surface area contributed by atoms with Gasteiger partial charge in [-0.15, -0.1) is 0 Å². The van der Waals surface area contributed by atoms with Crippen molar-refractivity contribution in [2.45, 2.75) is 25.0 Å². The third kappa shape index (κ3) is 4.94. The van der Waals surface area contributed by atoms with Crippen LogP contribution in [-0.2, 0) is 5.41 Å². The topological polar surface area (TPSA) is 3.24 Å². The lowest BCUT2D eigenvalue weighted by atomic mass is 9.68. The fraction of sp³-hybridized carbons (Fsp3) is 0.0182. The molecule has 0 N–H and O–H groups in total. The molecule has 1 aliphatic carbocycles. The predicted octanol–water partition coefficient (Wildman–Crippen LogP) is 11.8. The van der Waals surface area contributed by atoms with E-state index in [2.05, 4.69) is 229 Å². The molecule has 59 heavy (non-hydrogen) atoms. The predicted molar refractivity (Wildman–Crippen MR) is 250 cm³/mol. The minimum Gasteiger partial charge on any atom is -0.310 e. The number of hydrogen-bond donors (Lipinski definition) is 0. The molecule has 4 heteroatoms. The normalized spacial score (nSPS) is 14.6. The van der Waals surface area contributed by atoms with E-state index >= 15 is 0 Å². The summed E-state index contributed by atoms with van der Waals surface area (Å²) in [6, 6.07) is 84.2. The SMILES string of the molecule is c1ccc(N(c2ccc3c(c2)Sc2ccccc2[Si]32c3ccccc3Sc3ccccc32)c2cccc3c2-c2ccccc2C3(c2ccccc2)c2ccccc2)cc1. The number of para-hydroxylation sites is 1. The van der Waals surface area contributed by atoms with Gasteiger partial charge in [-0.1, -0.05) is 199 Å². The van der Waals surface area contributed by atoms with E-state index in [1.165, 1.54) is 79.4 Å². The fourth-order valence-corrected chi connectivity index (χ4v) is 19.6. The Bertz CT molecular complexity index is 2970. The van der Waals surface area contributed by atoms with Crippen molar-refractivity contribution >= 4 is 69.4 Å². The first-order chi connectivity index (χ1) is 29.3. The first-order valence-electron chi connectivity index (χ1n) is 20.3. The monoisotopic (exact) mass is 803 g/mol. The van der Waals surface area contributed by atoms with Gasteiger partial charge >= 0.3 is 0 Å². The molecule has 0 amide bonds. The molecule has 0 radical (unpaired) electrons. The van der Waals surface area contributed by atoms with E-state index in [0.717, 1.165) is 11.4 Å². The maximum absolute atomic E-state index is 2.69. The maximum atomic E-state index is 2.51. The zero-order chi connectivity index (χ0) is 39.0. The smallest absolute Gasteiger partial charge is 0.184 e. The molecule has 0 atom stereocenters. The minimum atomic E-state index is -2.69. The number of nitrogens with zero attached hydrogens (tertiary/aromatic N) is 1. The van der Waals surface area contributed by atoms with Crippen molar-refractivity contribution < 1.29 is 0 Å². The van der Waals surface area contributed by atoms with Gasteiger partial charge in [0.25, 0.3) is 0 Å². The van der Waals surface area contributed by atoms with Crippen molar-refractivity contribution in [2.75, 3.05) is 4.90 Å². The van der Waals surface area contributed by atoms with Crippen LogP contribution in [0.25, 0.3) is 11.1 Å². The molecule has 3 aliphatic rings. The average Bonchev–Trinajstić information content (AvgIpc) is 3.62.